The van der Waals surface area contributed by atoms with E-state index in [4.69, 9.17) is 10.8 Å². The number of thioether (sulfide) groups is 1. The average Bonchev–Trinajstić information content (AvgIpc) is 2.91. The zero-order valence-electron chi connectivity index (χ0n) is 23.4. The van der Waals surface area contributed by atoms with Crippen LogP contribution in [-0.2, 0) is 35.2 Å². The third kappa shape index (κ3) is 14.4. The number of aromatic hydroxyl groups is 1. The van der Waals surface area contributed by atoms with Gasteiger partial charge < -0.3 is 42.5 Å². The molecule has 15 heteroatoms. The highest BCUT2D eigenvalue weighted by atomic mass is 32.2. The minimum Gasteiger partial charge on any atom is -0.508 e. The first-order valence-electron chi connectivity index (χ1n) is 13.0. The third-order valence-electron chi connectivity index (χ3n) is 5.75. The van der Waals surface area contributed by atoms with Gasteiger partial charge in [-0.1, -0.05) is 26.0 Å². The molecular formula is C26H40N6O8S. The maximum atomic E-state index is 12.9. The van der Waals surface area contributed by atoms with Crippen molar-refractivity contribution in [3.63, 3.8) is 0 Å². The van der Waals surface area contributed by atoms with Crippen molar-refractivity contribution in [1.82, 2.24) is 26.6 Å². The van der Waals surface area contributed by atoms with Crippen LogP contribution in [0.5, 0.6) is 5.75 Å². The quantitative estimate of drug-likeness (QED) is 0.0974. The first-order chi connectivity index (χ1) is 19.3. The molecule has 0 saturated carbocycles. The van der Waals surface area contributed by atoms with Crippen LogP contribution in [0.4, 0.5) is 0 Å². The molecule has 1 aromatic rings. The van der Waals surface area contributed by atoms with Crippen LogP contribution in [0.1, 0.15) is 32.3 Å². The van der Waals surface area contributed by atoms with Gasteiger partial charge in [-0.15, -0.1) is 0 Å². The molecule has 1 aromatic carbocycles. The third-order valence-corrected chi connectivity index (χ3v) is 6.39. The number of aliphatic carboxylic acids is 1. The predicted octanol–water partition coefficient (Wildman–Crippen LogP) is -1.54. The number of phenolic OH excluding ortho intramolecular Hbond substituents is 1. The van der Waals surface area contributed by atoms with Crippen molar-refractivity contribution in [3.05, 3.63) is 29.8 Å². The van der Waals surface area contributed by atoms with Crippen LogP contribution >= 0.6 is 11.8 Å². The normalized spacial score (nSPS) is 12.9. The second kappa shape index (κ2) is 18.5. The fraction of sp³-hybridized carbons (Fsp3) is 0.538. The molecule has 1 rings (SSSR count). The van der Waals surface area contributed by atoms with Gasteiger partial charge in [-0.3, -0.25) is 28.8 Å². The lowest BCUT2D eigenvalue weighted by molar-refractivity contribution is -0.137. The molecule has 3 atom stereocenters. The van der Waals surface area contributed by atoms with Crippen LogP contribution < -0.4 is 32.3 Å². The van der Waals surface area contributed by atoms with E-state index in [0.717, 1.165) is 5.56 Å². The van der Waals surface area contributed by atoms with Crippen LogP contribution in [0.2, 0.25) is 0 Å². The van der Waals surface area contributed by atoms with Gasteiger partial charge in [0.25, 0.3) is 0 Å². The predicted molar refractivity (Wildman–Crippen MR) is 153 cm³/mol. The largest absolute Gasteiger partial charge is 0.508 e. The van der Waals surface area contributed by atoms with Gasteiger partial charge in [0.15, 0.2) is 0 Å². The summed E-state index contributed by atoms with van der Waals surface area (Å²) >= 11 is 1.45. The number of carboxylic acids is 1. The lowest BCUT2D eigenvalue weighted by atomic mass is 10.0. The SMILES string of the molecule is CSCC[C@H](NC(=O)CNC(=O)CNC(=O)[C@@H](N)Cc1ccc(O)cc1)C(=O)N[C@H](C(=O)NCCC(=O)O)C(C)C. The molecular weight excluding hydrogens is 556 g/mol. The summed E-state index contributed by atoms with van der Waals surface area (Å²) in [5.74, 6) is -3.78. The van der Waals surface area contributed by atoms with Gasteiger partial charge in [0.1, 0.15) is 17.8 Å². The molecule has 0 aliphatic carbocycles. The van der Waals surface area contributed by atoms with E-state index in [1.165, 1.54) is 23.9 Å². The molecule has 0 heterocycles. The lowest BCUT2D eigenvalue weighted by Gasteiger charge is -2.25. The number of carbonyl (C=O) groups excluding carboxylic acids is 5. The Morgan fingerprint density at radius 3 is 2.10 bits per heavy atom. The molecule has 228 valence electrons. The molecule has 41 heavy (non-hydrogen) atoms. The summed E-state index contributed by atoms with van der Waals surface area (Å²) in [6.45, 7) is 2.46. The Labute approximate surface area is 243 Å². The summed E-state index contributed by atoms with van der Waals surface area (Å²) in [5, 5.41) is 30.5. The van der Waals surface area contributed by atoms with Crippen LogP contribution in [0, 0.1) is 5.92 Å². The van der Waals surface area contributed by atoms with Gasteiger partial charge in [-0.2, -0.15) is 11.8 Å². The number of nitrogens with one attached hydrogen (secondary N) is 5. The first kappa shape index (κ1) is 35.2. The highest BCUT2D eigenvalue weighted by Crippen LogP contribution is 2.11. The monoisotopic (exact) mass is 596 g/mol. The Balaban J connectivity index is 2.58. The van der Waals surface area contributed by atoms with E-state index >= 15 is 0 Å². The number of carboxylic acid groups (broad SMARTS) is 1. The van der Waals surface area contributed by atoms with Crippen molar-refractivity contribution in [3.8, 4) is 5.75 Å². The van der Waals surface area contributed by atoms with E-state index in [0.29, 0.717) is 5.75 Å². The van der Waals surface area contributed by atoms with Crippen molar-refractivity contribution in [1.29, 1.82) is 0 Å². The van der Waals surface area contributed by atoms with Gasteiger partial charge in [0.05, 0.1) is 25.6 Å². The Morgan fingerprint density at radius 1 is 0.878 bits per heavy atom. The highest BCUT2D eigenvalue weighted by molar-refractivity contribution is 7.98. The molecule has 0 saturated heterocycles. The summed E-state index contributed by atoms with van der Waals surface area (Å²) in [7, 11) is 0. The summed E-state index contributed by atoms with van der Waals surface area (Å²) in [5.41, 5.74) is 6.59. The van der Waals surface area contributed by atoms with E-state index in [1.54, 1.807) is 26.0 Å². The number of nitrogens with two attached hydrogens (primary N) is 1. The second-order valence-electron chi connectivity index (χ2n) is 9.54. The molecule has 0 unspecified atom stereocenters. The smallest absolute Gasteiger partial charge is 0.305 e. The van der Waals surface area contributed by atoms with Crippen LogP contribution in [0.15, 0.2) is 24.3 Å². The van der Waals surface area contributed by atoms with Crippen LogP contribution in [-0.4, -0.2) is 95.5 Å². The van der Waals surface area contributed by atoms with Crippen molar-refractivity contribution in [2.75, 3.05) is 31.6 Å². The molecule has 0 bridgehead atoms. The van der Waals surface area contributed by atoms with Crippen molar-refractivity contribution in [2.24, 2.45) is 11.7 Å². The van der Waals surface area contributed by atoms with E-state index in [9.17, 15) is 33.9 Å². The van der Waals surface area contributed by atoms with E-state index in [2.05, 4.69) is 26.6 Å². The Bertz CT molecular complexity index is 1050. The number of carbonyl (C=O) groups is 6. The summed E-state index contributed by atoms with van der Waals surface area (Å²) in [4.78, 5) is 73.0. The summed E-state index contributed by atoms with van der Waals surface area (Å²) in [6.07, 6.45) is 2.01. The van der Waals surface area contributed by atoms with Gasteiger partial charge >= 0.3 is 5.97 Å². The number of rotatable bonds is 18. The molecule has 0 aliphatic rings. The van der Waals surface area contributed by atoms with Crippen LogP contribution in [0.25, 0.3) is 0 Å². The fourth-order valence-corrected chi connectivity index (χ4v) is 3.93. The topological polar surface area (TPSA) is 229 Å². The summed E-state index contributed by atoms with van der Waals surface area (Å²) < 4.78 is 0. The Hall–Kier alpha value is -3.85. The zero-order valence-corrected chi connectivity index (χ0v) is 24.2. The minimum absolute atomic E-state index is 0.0841. The van der Waals surface area contributed by atoms with E-state index in [1.807, 2.05) is 6.26 Å². The maximum absolute atomic E-state index is 12.9. The molecule has 5 amide bonds. The number of phenols is 1. The minimum atomic E-state index is -1.07. The molecule has 0 radical (unpaired) electrons. The van der Waals surface area contributed by atoms with Crippen molar-refractivity contribution >= 4 is 47.3 Å². The van der Waals surface area contributed by atoms with E-state index < -0.39 is 66.7 Å². The number of amides is 5. The Kier molecular flexibility index (Phi) is 15.9. The Morgan fingerprint density at radius 2 is 1.51 bits per heavy atom. The first-order valence-corrected chi connectivity index (χ1v) is 14.4. The maximum Gasteiger partial charge on any atom is 0.305 e. The van der Waals surface area contributed by atoms with Gasteiger partial charge in [0.2, 0.25) is 29.5 Å². The molecule has 0 aliphatic heterocycles. The number of hydrogen-bond donors (Lipinski definition) is 8. The standard InChI is InChI=1S/C26H40N6O8S/c1-15(2)23(26(40)28-10-8-22(36)37)32-25(39)19(9-11-41-3)31-21(35)14-29-20(34)13-30-24(38)18(27)12-16-4-6-17(33)7-5-16/h4-7,15,18-19,23,33H,8-14,27H2,1-3H3,(H,28,40)(H,29,34)(H,30,38)(H,31,35)(H,32,39)(H,36,37)/t18-,19-,23-/m0/s1. The lowest BCUT2D eigenvalue weighted by Crippen LogP contribution is -2.56. The molecule has 0 aromatic heterocycles. The van der Waals surface area contributed by atoms with Gasteiger partial charge in [-0.25, -0.2) is 0 Å². The van der Waals surface area contributed by atoms with E-state index in [-0.39, 0.29) is 37.5 Å². The molecule has 9 N–H and O–H groups in total. The van der Waals surface area contributed by atoms with Crippen molar-refractivity contribution in [2.45, 2.75) is 51.2 Å². The molecule has 14 nitrogen and oxygen atoms in total. The van der Waals surface area contributed by atoms with Gasteiger partial charge in [0, 0.05) is 6.54 Å². The number of hydrogen-bond acceptors (Lipinski definition) is 9. The fourth-order valence-electron chi connectivity index (χ4n) is 3.46. The number of benzene rings is 1. The second-order valence-corrected chi connectivity index (χ2v) is 10.5. The van der Waals surface area contributed by atoms with Crippen LogP contribution in [0.3, 0.4) is 0 Å². The highest BCUT2D eigenvalue weighted by Gasteiger charge is 2.28. The van der Waals surface area contributed by atoms with Crippen molar-refractivity contribution < 1.29 is 39.0 Å². The average molecular weight is 597 g/mol. The van der Waals surface area contributed by atoms with Gasteiger partial charge in [-0.05, 0) is 48.5 Å². The molecule has 0 fully saturated rings. The summed E-state index contributed by atoms with van der Waals surface area (Å²) in [6, 6.07) is 3.32. The zero-order chi connectivity index (χ0) is 30.9. The molecule has 0 spiro atoms.